The molecule has 82 valence electrons. The summed E-state index contributed by atoms with van der Waals surface area (Å²) < 4.78 is 4.97. The van der Waals surface area contributed by atoms with Crippen molar-refractivity contribution in [3.63, 3.8) is 0 Å². The summed E-state index contributed by atoms with van der Waals surface area (Å²) in [5.74, 6) is 0.0225. The SMILES string of the molecule is CC1CCCC(c2nc(C(=O)O)no2)C1. The lowest BCUT2D eigenvalue weighted by Crippen LogP contribution is -2.12. The summed E-state index contributed by atoms with van der Waals surface area (Å²) in [6.07, 6.45) is 4.42. The molecule has 1 aromatic heterocycles. The largest absolute Gasteiger partial charge is 0.475 e. The predicted octanol–water partition coefficient (Wildman–Crippen LogP) is 2.06. The monoisotopic (exact) mass is 210 g/mol. The fraction of sp³-hybridized carbons (Fsp3) is 0.700. The van der Waals surface area contributed by atoms with Gasteiger partial charge in [-0.3, -0.25) is 0 Å². The van der Waals surface area contributed by atoms with Crippen LogP contribution < -0.4 is 0 Å². The van der Waals surface area contributed by atoms with Gasteiger partial charge in [-0.1, -0.05) is 19.8 Å². The fourth-order valence-corrected chi connectivity index (χ4v) is 2.15. The molecule has 5 heteroatoms. The predicted molar refractivity (Wildman–Crippen MR) is 51.6 cm³/mol. The quantitative estimate of drug-likeness (QED) is 0.808. The Bertz CT molecular complexity index is 361. The molecule has 1 heterocycles. The molecule has 1 fully saturated rings. The molecule has 0 spiro atoms. The second-order valence-corrected chi connectivity index (χ2v) is 4.23. The number of carbonyl (C=O) groups is 1. The van der Waals surface area contributed by atoms with Crippen LogP contribution >= 0.6 is 0 Å². The Labute approximate surface area is 87.5 Å². The van der Waals surface area contributed by atoms with E-state index in [9.17, 15) is 4.79 Å². The van der Waals surface area contributed by atoms with Crippen LogP contribution in [0.15, 0.2) is 4.52 Å². The van der Waals surface area contributed by atoms with Crippen LogP contribution in [0.3, 0.4) is 0 Å². The zero-order valence-corrected chi connectivity index (χ0v) is 8.64. The van der Waals surface area contributed by atoms with E-state index in [1.54, 1.807) is 0 Å². The van der Waals surface area contributed by atoms with Gasteiger partial charge in [0.1, 0.15) is 0 Å². The molecule has 1 N–H and O–H groups in total. The second kappa shape index (κ2) is 4.00. The Kier molecular flexibility index (Phi) is 2.70. The van der Waals surface area contributed by atoms with Gasteiger partial charge < -0.3 is 9.63 Å². The molecule has 2 unspecified atom stereocenters. The summed E-state index contributed by atoms with van der Waals surface area (Å²) in [4.78, 5) is 14.5. The molecule has 0 aliphatic heterocycles. The Morgan fingerprint density at radius 2 is 2.33 bits per heavy atom. The molecule has 0 amide bonds. The summed E-state index contributed by atoms with van der Waals surface area (Å²) >= 11 is 0. The van der Waals surface area contributed by atoms with Crippen LogP contribution in [-0.4, -0.2) is 21.2 Å². The normalized spacial score (nSPS) is 26.5. The van der Waals surface area contributed by atoms with Crippen molar-refractivity contribution >= 4 is 5.97 Å². The average Bonchev–Trinajstić information content (AvgIpc) is 2.66. The lowest BCUT2D eigenvalue weighted by Gasteiger charge is -2.23. The van der Waals surface area contributed by atoms with Crippen LogP contribution in [0.4, 0.5) is 0 Å². The van der Waals surface area contributed by atoms with Gasteiger partial charge in [-0.05, 0) is 23.9 Å². The van der Waals surface area contributed by atoms with Crippen LogP contribution in [0.25, 0.3) is 0 Å². The number of carboxylic acids is 1. The number of aromatic nitrogens is 2. The van der Waals surface area contributed by atoms with E-state index in [1.807, 2.05) is 0 Å². The maximum Gasteiger partial charge on any atom is 0.377 e. The van der Waals surface area contributed by atoms with Gasteiger partial charge in [0.2, 0.25) is 5.89 Å². The number of hydrogen-bond acceptors (Lipinski definition) is 4. The molecule has 1 aliphatic carbocycles. The number of aromatic carboxylic acids is 1. The first kappa shape index (κ1) is 10.1. The third-order valence-corrected chi connectivity index (χ3v) is 2.92. The highest BCUT2D eigenvalue weighted by atomic mass is 16.5. The van der Waals surface area contributed by atoms with Gasteiger partial charge in [0, 0.05) is 5.92 Å². The van der Waals surface area contributed by atoms with E-state index >= 15 is 0 Å². The molecule has 0 aromatic carbocycles. The van der Waals surface area contributed by atoms with Crippen LogP contribution in [0.2, 0.25) is 0 Å². The zero-order chi connectivity index (χ0) is 10.8. The van der Waals surface area contributed by atoms with Gasteiger partial charge in [-0.2, -0.15) is 4.98 Å². The van der Waals surface area contributed by atoms with Gasteiger partial charge in [0.15, 0.2) is 0 Å². The van der Waals surface area contributed by atoms with E-state index < -0.39 is 5.97 Å². The van der Waals surface area contributed by atoms with Crippen molar-refractivity contribution in [2.75, 3.05) is 0 Å². The Morgan fingerprint density at radius 3 is 2.93 bits per heavy atom. The summed E-state index contributed by atoms with van der Waals surface area (Å²) in [6, 6.07) is 0. The first-order valence-electron chi connectivity index (χ1n) is 5.23. The Hall–Kier alpha value is -1.39. The van der Waals surface area contributed by atoms with Crippen molar-refractivity contribution in [2.24, 2.45) is 5.92 Å². The minimum absolute atomic E-state index is 0.233. The molecule has 1 saturated carbocycles. The molecule has 1 aromatic rings. The maximum absolute atomic E-state index is 10.6. The third-order valence-electron chi connectivity index (χ3n) is 2.92. The van der Waals surface area contributed by atoms with Crippen LogP contribution in [0.5, 0.6) is 0 Å². The van der Waals surface area contributed by atoms with Crippen molar-refractivity contribution in [1.82, 2.24) is 10.1 Å². The second-order valence-electron chi connectivity index (χ2n) is 4.23. The summed E-state index contributed by atoms with van der Waals surface area (Å²) in [5, 5.41) is 12.1. The molecule has 2 rings (SSSR count). The standard InChI is InChI=1S/C10H14N2O3/c1-6-3-2-4-7(5-6)9-11-8(10(13)14)12-15-9/h6-7H,2-5H2,1H3,(H,13,14). The zero-order valence-electron chi connectivity index (χ0n) is 8.64. The van der Waals surface area contributed by atoms with E-state index in [1.165, 1.54) is 6.42 Å². The summed E-state index contributed by atoms with van der Waals surface area (Å²) in [7, 11) is 0. The van der Waals surface area contributed by atoms with Crippen molar-refractivity contribution in [3.05, 3.63) is 11.7 Å². The fourth-order valence-electron chi connectivity index (χ4n) is 2.15. The van der Waals surface area contributed by atoms with Gasteiger partial charge in [0.05, 0.1) is 0 Å². The number of carboxylic acid groups (broad SMARTS) is 1. The van der Waals surface area contributed by atoms with Crippen LogP contribution in [0.1, 0.15) is 55.0 Å². The van der Waals surface area contributed by atoms with Crippen molar-refractivity contribution in [2.45, 2.75) is 38.5 Å². The molecule has 0 radical (unpaired) electrons. The molecule has 2 atom stereocenters. The first-order valence-corrected chi connectivity index (χ1v) is 5.23. The molecular formula is C10H14N2O3. The summed E-state index contributed by atoms with van der Waals surface area (Å²) in [6.45, 7) is 2.20. The molecule has 15 heavy (non-hydrogen) atoms. The van der Waals surface area contributed by atoms with E-state index in [-0.39, 0.29) is 11.7 Å². The maximum atomic E-state index is 10.6. The van der Waals surface area contributed by atoms with E-state index in [2.05, 4.69) is 17.1 Å². The van der Waals surface area contributed by atoms with Gasteiger partial charge >= 0.3 is 5.97 Å². The molecule has 0 bridgehead atoms. The first-order chi connectivity index (χ1) is 7.16. The average molecular weight is 210 g/mol. The minimum atomic E-state index is -1.13. The van der Waals surface area contributed by atoms with Crippen molar-refractivity contribution in [3.8, 4) is 0 Å². The molecular weight excluding hydrogens is 196 g/mol. The Balaban J connectivity index is 2.11. The lowest BCUT2D eigenvalue weighted by molar-refractivity contribution is 0.0680. The number of hydrogen-bond donors (Lipinski definition) is 1. The van der Waals surface area contributed by atoms with Gasteiger partial charge in [-0.15, -0.1) is 0 Å². The van der Waals surface area contributed by atoms with Gasteiger partial charge in [0.25, 0.3) is 5.82 Å². The number of rotatable bonds is 2. The highest BCUT2D eigenvalue weighted by molar-refractivity contribution is 5.82. The smallest absolute Gasteiger partial charge is 0.377 e. The number of nitrogens with zero attached hydrogens (tertiary/aromatic N) is 2. The topological polar surface area (TPSA) is 76.2 Å². The summed E-state index contributed by atoms with van der Waals surface area (Å²) in [5.41, 5.74) is 0. The van der Waals surface area contributed by atoms with Crippen molar-refractivity contribution < 1.29 is 14.4 Å². The molecule has 0 saturated heterocycles. The minimum Gasteiger partial charge on any atom is -0.475 e. The van der Waals surface area contributed by atoms with Crippen LogP contribution in [-0.2, 0) is 0 Å². The lowest BCUT2D eigenvalue weighted by atomic mass is 9.82. The van der Waals surface area contributed by atoms with Gasteiger partial charge in [-0.25, -0.2) is 4.79 Å². The van der Waals surface area contributed by atoms with Crippen LogP contribution in [0, 0.1) is 5.92 Å². The highest BCUT2D eigenvalue weighted by Crippen LogP contribution is 2.34. The Morgan fingerprint density at radius 1 is 1.53 bits per heavy atom. The van der Waals surface area contributed by atoms with E-state index in [4.69, 9.17) is 9.63 Å². The molecule has 1 aliphatic rings. The van der Waals surface area contributed by atoms with E-state index in [0.717, 1.165) is 19.3 Å². The highest BCUT2D eigenvalue weighted by Gasteiger charge is 2.26. The van der Waals surface area contributed by atoms with E-state index in [0.29, 0.717) is 11.8 Å². The third kappa shape index (κ3) is 2.16. The van der Waals surface area contributed by atoms with Crippen molar-refractivity contribution in [1.29, 1.82) is 0 Å². The molecule has 5 nitrogen and oxygen atoms in total.